The molecule has 0 amide bonds. The van der Waals surface area contributed by atoms with Crippen LogP contribution in [0.25, 0.3) is 12.2 Å². The summed E-state index contributed by atoms with van der Waals surface area (Å²) in [5.41, 5.74) is 3.94. The Morgan fingerprint density at radius 3 is 1.83 bits per heavy atom. The van der Waals surface area contributed by atoms with E-state index < -0.39 is 11.9 Å². The molecule has 0 spiro atoms. The summed E-state index contributed by atoms with van der Waals surface area (Å²) in [7, 11) is 0. The first-order chi connectivity index (χ1) is 14.0. The quantitative estimate of drug-likeness (QED) is 0.362. The van der Waals surface area contributed by atoms with Crippen LogP contribution in [-0.4, -0.2) is 26.7 Å². The van der Waals surface area contributed by atoms with Gasteiger partial charge in [-0.1, -0.05) is 48.5 Å². The molecule has 0 fully saturated rings. The van der Waals surface area contributed by atoms with E-state index in [2.05, 4.69) is 9.13 Å². The van der Waals surface area contributed by atoms with Gasteiger partial charge in [-0.15, -0.1) is 0 Å². The van der Waals surface area contributed by atoms with Gasteiger partial charge in [-0.25, -0.2) is 18.7 Å². The zero-order valence-corrected chi connectivity index (χ0v) is 17.6. The van der Waals surface area contributed by atoms with Crippen LogP contribution in [0.4, 0.5) is 0 Å². The lowest BCUT2D eigenvalue weighted by Crippen LogP contribution is -3.00. The number of hydrogen-bond acceptors (Lipinski definition) is 2. The van der Waals surface area contributed by atoms with E-state index in [1.807, 2.05) is 67.3 Å². The molecule has 0 saturated carbocycles. The first-order valence-corrected chi connectivity index (χ1v) is 9.03. The molecule has 0 unspecified atom stereocenters. The summed E-state index contributed by atoms with van der Waals surface area (Å²) in [4.78, 5) is 21.1. The maximum Gasteiger partial charge on any atom is 0.328 e. The molecule has 7 heteroatoms. The Balaban J connectivity index is 0.00000320. The van der Waals surface area contributed by atoms with Crippen LogP contribution < -0.4 is 21.5 Å². The van der Waals surface area contributed by atoms with Crippen LogP contribution in [0, 0.1) is 0 Å². The van der Waals surface area contributed by atoms with Crippen molar-refractivity contribution < 1.29 is 41.4 Å². The number of benzene rings is 2. The Hall–Kier alpha value is -3.45. The molecular weight excluding hydrogens is 448 g/mol. The maximum absolute atomic E-state index is 10.6. The van der Waals surface area contributed by atoms with Gasteiger partial charge in [0.05, 0.1) is 0 Å². The minimum absolute atomic E-state index is 0. The maximum atomic E-state index is 10.6. The number of hydrogen-bond donors (Lipinski definition) is 2. The molecule has 2 N–H and O–H groups in total. The molecule has 0 atom stereocenters. The molecule has 30 heavy (non-hydrogen) atoms. The average molecular weight is 469 g/mol. The minimum Gasteiger partial charge on any atom is -1.00 e. The Kier molecular flexibility index (Phi) is 8.31. The number of nitrogens with zero attached hydrogens (tertiary/aromatic N) is 2. The normalized spacial score (nSPS) is 10.9. The van der Waals surface area contributed by atoms with E-state index >= 15 is 0 Å². The SMILES string of the molecule is O=C(O)/C=C/c1ccc(Cn2cc[n+](Cc3ccc(/C=C/C(=O)O)cc3)c2)cc1.[Br-]. The molecule has 1 heterocycles. The van der Waals surface area contributed by atoms with Gasteiger partial charge in [-0.3, -0.25) is 0 Å². The number of imidazole rings is 1. The first-order valence-electron chi connectivity index (χ1n) is 9.03. The van der Waals surface area contributed by atoms with E-state index in [1.165, 1.54) is 0 Å². The Morgan fingerprint density at radius 1 is 0.833 bits per heavy atom. The van der Waals surface area contributed by atoms with Crippen molar-refractivity contribution >= 4 is 24.1 Å². The zero-order chi connectivity index (χ0) is 20.6. The number of halogens is 1. The molecule has 3 rings (SSSR count). The van der Waals surface area contributed by atoms with Crippen LogP contribution in [0.2, 0.25) is 0 Å². The fourth-order valence-corrected chi connectivity index (χ4v) is 2.85. The van der Waals surface area contributed by atoms with Gasteiger partial charge in [-0.2, -0.15) is 0 Å². The molecular formula is C23H21BrN2O4. The molecule has 0 saturated heterocycles. The van der Waals surface area contributed by atoms with Crippen molar-refractivity contribution in [1.29, 1.82) is 0 Å². The minimum atomic E-state index is -0.961. The summed E-state index contributed by atoms with van der Waals surface area (Å²) in [6.45, 7) is 1.43. The summed E-state index contributed by atoms with van der Waals surface area (Å²) in [5.74, 6) is -1.92. The molecule has 0 aliphatic rings. The van der Waals surface area contributed by atoms with Crippen LogP contribution >= 0.6 is 0 Å². The highest BCUT2D eigenvalue weighted by Crippen LogP contribution is 2.09. The summed E-state index contributed by atoms with van der Waals surface area (Å²) in [5, 5.41) is 17.3. The van der Waals surface area contributed by atoms with E-state index in [0.29, 0.717) is 0 Å². The highest BCUT2D eigenvalue weighted by atomic mass is 79.9. The third-order valence-electron chi connectivity index (χ3n) is 4.27. The summed E-state index contributed by atoms with van der Waals surface area (Å²) in [6, 6.07) is 15.5. The fraction of sp³-hybridized carbons (Fsp3) is 0.0870. The van der Waals surface area contributed by atoms with Gasteiger partial charge >= 0.3 is 11.9 Å². The Morgan fingerprint density at radius 2 is 1.33 bits per heavy atom. The number of aromatic nitrogens is 2. The van der Waals surface area contributed by atoms with E-state index in [4.69, 9.17) is 10.2 Å². The van der Waals surface area contributed by atoms with Crippen molar-refractivity contribution in [2.45, 2.75) is 13.1 Å². The number of carbonyl (C=O) groups is 2. The molecule has 0 aliphatic carbocycles. The van der Waals surface area contributed by atoms with Crippen molar-refractivity contribution in [3.8, 4) is 0 Å². The Bertz CT molecular complexity index is 968. The smallest absolute Gasteiger partial charge is 0.328 e. The molecule has 0 bridgehead atoms. The standard InChI is InChI=1S/C23H20N2O4.BrH/c26-22(27)11-9-18-1-5-20(6-2-18)15-24-13-14-25(17-24)16-21-7-3-19(4-8-21)10-12-23(28)29;/h1-14,17H,15-16H2,(H-,26,27,28,29);1H/b11-9+,12-10+;. The highest BCUT2D eigenvalue weighted by Gasteiger charge is 2.06. The van der Waals surface area contributed by atoms with E-state index in [0.717, 1.165) is 47.5 Å². The van der Waals surface area contributed by atoms with Gasteiger partial charge in [0.2, 0.25) is 6.33 Å². The van der Waals surface area contributed by atoms with E-state index in [1.54, 1.807) is 12.2 Å². The fourth-order valence-electron chi connectivity index (χ4n) is 2.85. The van der Waals surface area contributed by atoms with Crippen molar-refractivity contribution in [2.75, 3.05) is 0 Å². The number of carboxylic acids is 2. The number of rotatable bonds is 8. The summed E-state index contributed by atoms with van der Waals surface area (Å²) >= 11 is 0. The second-order valence-corrected chi connectivity index (χ2v) is 6.58. The Labute approximate surface area is 184 Å². The predicted octanol–water partition coefficient (Wildman–Crippen LogP) is 0.0718. The van der Waals surface area contributed by atoms with Crippen molar-refractivity contribution in [3.05, 3.63) is 102 Å². The predicted molar refractivity (Wildman–Crippen MR) is 109 cm³/mol. The van der Waals surface area contributed by atoms with Gasteiger partial charge in [0, 0.05) is 12.2 Å². The topological polar surface area (TPSA) is 83.4 Å². The lowest BCUT2D eigenvalue weighted by atomic mass is 10.1. The van der Waals surface area contributed by atoms with Gasteiger partial charge in [0.25, 0.3) is 0 Å². The molecule has 154 valence electrons. The van der Waals surface area contributed by atoms with Crippen LogP contribution in [0.15, 0.2) is 79.4 Å². The second kappa shape index (κ2) is 10.9. The lowest BCUT2D eigenvalue weighted by molar-refractivity contribution is -0.687. The van der Waals surface area contributed by atoms with Crippen molar-refractivity contribution in [2.24, 2.45) is 0 Å². The molecule has 3 aromatic rings. The third kappa shape index (κ3) is 7.18. The molecule has 6 nitrogen and oxygen atoms in total. The zero-order valence-electron chi connectivity index (χ0n) is 16.1. The lowest BCUT2D eigenvalue weighted by Gasteiger charge is -2.00. The second-order valence-electron chi connectivity index (χ2n) is 6.58. The molecule has 2 aromatic carbocycles. The van der Waals surface area contributed by atoms with Gasteiger partial charge in [0.15, 0.2) is 0 Å². The molecule has 1 aromatic heterocycles. The highest BCUT2D eigenvalue weighted by molar-refractivity contribution is 5.85. The number of aliphatic carboxylic acids is 2. The first kappa shape index (κ1) is 22.8. The average Bonchev–Trinajstić information content (AvgIpc) is 3.13. The molecule has 0 radical (unpaired) electrons. The largest absolute Gasteiger partial charge is 1.00 e. The van der Waals surface area contributed by atoms with Crippen LogP contribution in [0.3, 0.4) is 0 Å². The van der Waals surface area contributed by atoms with Crippen LogP contribution in [-0.2, 0) is 22.7 Å². The van der Waals surface area contributed by atoms with E-state index in [-0.39, 0.29) is 17.0 Å². The molecule has 0 aliphatic heterocycles. The number of carboxylic acid groups (broad SMARTS) is 2. The van der Waals surface area contributed by atoms with Crippen molar-refractivity contribution in [3.63, 3.8) is 0 Å². The van der Waals surface area contributed by atoms with Gasteiger partial charge in [-0.05, 0) is 34.4 Å². The summed E-state index contributed by atoms with van der Waals surface area (Å²) < 4.78 is 4.15. The van der Waals surface area contributed by atoms with Gasteiger partial charge < -0.3 is 27.2 Å². The third-order valence-corrected chi connectivity index (χ3v) is 4.27. The summed E-state index contributed by atoms with van der Waals surface area (Å²) in [6.07, 6.45) is 11.4. The van der Waals surface area contributed by atoms with Crippen LogP contribution in [0.1, 0.15) is 22.3 Å². The van der Waals surface area contributed by atoms with Crippen molar-refractivity contribution in [1.82, 2.24) is 4.57 Å². The van der Waals surface area contributed by atoms with E-state index in [9.17, 15) is 9.59 Å². The monoisotopic (exact) mass is 468 g/mol. The van der Waals surface area contributed by atoms with Crippen LogP contribution in [0.5, 0.6) is 0 Å². The van der Waals surface area contributed by atoms with Gasteiger partial charge in [0.1, 0.15) is 25.5 Å².